The minimum Gasteiger partial charge on any atom is -0.493 e. The number of benzene rings is 1. The SMILES string of the molecule is CCOC(=O)c1ccc2c(c1)OCCCN(C(=O)C1(S)CCOCC1)C2. The molecule has 1 amide bonds. The highest BCUT2D eigenvalue weighted by Crippen LogP contribution is 2.32. The van der Waals surface area contributed by atoms with Gasteiger partial charge in [-0.3, -0.25) is 4.79 Å². The van der Waals surface area contributed by atoms with Gasteiger partial charge in [-0.05, 0) is 38.3 Å². The third-order valence-electron chi connectivity index (χ3n) is 4.77. The van der Waals surface area contributed by atoms with E-state index >= 15 is 0 Å². The Morgan fingerprint density at radius 3 is 2.77 bits per heavy atom. The monoisotopic (exact) mass is 379 g/mol. The Balaban J connectivity index is 1.80. The molecule has 0 atom stereocenters. The number of amides is 1. The second-order valence-corrected chi connectivity index (χ2v) is 7.47. The van der Waals surface area contributed by atoms with E-state index in [0.717, 1.165) is 12.0 Å². The summed E-state index contributed by atoms with van der Waals surface area (Å²) in [6, 6.07) is 5.25. The molecule has 0 aromatic heterocycles. The predicted octanol–water partition coefficient (Wildman–Crippen LogP) is 2.45. The highest BCUT2D eigenvalue weighted by atomic mass is 32.1. The fourth-order valence-corrected chi connectivity index (χ4v) is 3.60. The fourth-order valence-electron chi connectivity index (χ4n) is 3.27. The van der Waals surface area contributed by atoms with E-state index in [2.05, 4.69) is 0 Å². The van der Waals surface area contributed by atoms with E-state index in [-0.39, 0.29) is 11.9 Å². The van der Waals surface area contributed by atoms with Gasteiger partial charge in [-0.2, -0.15) is 12.6 Å². The number of ether oxygens (including phenoxy) is 3. The molecule has 1 saturated heterocycles. The second kappa shape index (κ2) is 8.31. The lowest BCUT2D eigenvalue weighted by atomic mass is 9.96. The standard InChI is InChI=1S/C19H25NO5S/c1-2-24-17(21)14-4-5-15-13-20(8-3-9-25-16(15)12-14)18(22)19(26)6-10-23-11-7-19/h4-5,12,26H,2-3,6-11,13H2,1H3. The van der Waals surface area contributed by atoms with Gasteiger partial charge in [0.2, 0.25) is 5.91 Å². The summed E-state index contributed by atoms with van der Waals surface area (Å²) in [6.45, 7) is 4.78. The van der Waals surface area contributed by atoms with E-state index < -0.39 is 4.75 Å². The van der Waals surface area contributed by atoms with Crippen molar-refractivity contribution in [2.75, 3.05) is 33.0 Å². The van der Waals surface area contributed by atoms with E-state index in [1.165, 1.54) is 0 Å². The average Bonchev–Trinajstić information content (AvgIpc) is 2.62. The number of hydrogen-bond donors (Lipinski definition) is 1. The topological polar surface area (TPSA) is 65.1 Å². The van der Waals surface area contributed by atoms with E-state index in [9.17, 15) is 9.59 Å². The van der Waals surface area contributed by atoms with Crippen LogP contribution in [0.3, 0.4) is 0 Å². The number of carbonyl (C=O) groups excluding carboxylic acids is 2. The lowest BCUT2D eigenvalue weighted by molar-refractivity contribution is -0.137. The molecule has 0 radical (unpaired) electrons. The van der Waals surface area contributed by atoms with Crippen molar-refractivity contribution in [1.29, 1.82) is 0 Å². The van der Waals surface area contributed by atoms with Crippen LogP contribution in [0.1, 0.15) is 42.1 Å². The first kappa shape index (κ1) is 19.0. The Hall–Kier alpha value is -1.73. The number of hydrogen-bond acceptors (Lipinski definition) is 6. The Bertz CT molecular complexity index is 672. The first-order valence-corrected chi connectivity index (χ1v) is 9.50. The molecular weight excluding hydrogens is 354 g/mol. The van der Waals surface area contributed by atoms with Gasteiger partial charge in [0.1, 0.15) is 5.75 Å². The summed E-state index contributed by atoms with van der Waals surface area (Å²) in [7, 11) is 0. The van der Waals surface area contributed by atoms with E-state index in [1.807, 2.05) is 11.0 Å². The zero-order valence-corrected chi connectivity index (χ0v) is 15.9. The second-order valence-electron chi connectivity index (χ2n) is 6.62. The Morgan fingerprint density at radius 2 is 2.04 bits per heavy atom. The van der Waals surface area contributed by atoms with Crippen LogP contribution in [0.5, 0.6) is 5.75 Å². The Labute approximate surface area is 159 Å². The molecule has 0 saturated carbocycles. The molecule has 142 valence electrons. The summed E-state index contributed by atoms with van der Waals surface area (Å²) in [4.78, 5) is 26.9. The van der Waals surface area contributed by atoms with Crippen molar-refractivity contribution in [3.8, 4) is 5.75 Å². The molecule has 2 aliphatic rings. The van der Waals surface area contributed by atoms with Gasteiger partial charge in [-0.25, -0.2) is 4.79 Å². The molecule has 26 heavy (non-hydrogen) atoms. The fraction of sp³-hybridized carbons (Fsp3) is 0.579. The molecule has 0 aliphatic carbocycles. The number of carbonyl (C=O) groups is 2. The predicted molar refractivity (Wildman–Crippen MR) is 99.7 cm³/mol. The van der Waals surface area contributed by atoms with Gasteiger partial charge >= 0.3 is 5.97 Å². The smallest absolute Gasteiger partial charge is 0.338 e. The van der Waals surface area contributed by atoms with Gasteiger partial charge in [0.05, 0.1) is 23.5 Å². The summed E-state index contributed by atoms with van der Waals surface area (Å²) in [6.07, 6.45) is 1.97. The number of esters is 1. The van der Waals surface area contributed by atoms with Crippen LogP contribution in [0.25, 0.3) is 0 Å². The first-order valence-electron chi connectivity index (χ1n) is 9.06. The van der Waals surface area contributed by atoms with Crippen molar-refractivity contribution in [3.05, 3.63) is 29.3 Å². The van der Waals surface area contributed by atoms with Crippen molar-refractivity contribution in [2.45, 2.75) is 37.5 Å². The van der Waals surface area contributed by atoms with Crippen LogP contribution in [0.2, 0.25) is 0 Å². The van der Waals surface area contributed by atoms with Crippen molar-refractivity contribution in [1.82, 2.24) is 4.90 Å². The molecule has 0 bridgehead atoms. The van der Waals surface area contributed by atoms with Gasteiger partial charge in [-0.15, -0.1) is 0 Å². The summed E-state index contributed by atoms with van der Waals surface area (Å²) >= 11 is 4.69. The molecule has 1 fully saturated rings. The third kappa shape index (κ3) is 4.15. The number of nitrogens with zero attached hydrogens (tertiary/aromatic N) is 1. The van der Waals surface area contributed by atoms with Gasteiger partial charge in [0.25, 0.3) is 0 Å². The van der Waals surface area contributed by atoms with Gasteiger partial charge in [0.15, 0.2) is 0 Å². The highest BCUT2D eigenvalue weighted by molar-refractivity contribution is 7.82. The van der Waals surface area contributed by atoms with Crippen molar-refractivity contribution in [3.63, 3.8) is 0 Å². The molecule has 0 unspecified atom stereocenters. The largest absolute Gasteiger partial charge is 0.493 e. The molecule has 1 aromatic carbocycles. The van der Waals surface area contributed by atoms with Crippen molar-refractivity contribution < 1.29 is 23.8 Å². The molecule has 0 spiro atoms. The Kier molecular flexibility index (Phi) is 6.09. The van der Waals surface area contributed by atoms with E-state index in [0.29, 0.717) is 63.7 Å². The third-order valence-corrected chi connectivity index (χ3v) is 5.41. The van der Waals surface area contributed by atoms with Crippen LogP contribution < -0.4 is 4.74 Å². The van der Waals surface area contributed by atoms with Crippen molar-refractivity contribution >= 4 is 24.5 Å². The zero-order chi connectivity index (χ0) is 18.6. The lowest BCUT2D eigenvalue weighted by Gasteiger charge is -2.37. The minimum absolute atomic E-state index is 0.0476. The van der Waals surface area contributed by atoms with E-state index in [4.69, 9.17) is 26.8 Å². The van der Waals surface area contributed by atoms with Crippen LogP contribution in [0, 0.1) is 0 Å². The molecule has 3 rings (SSSR count). The summed E-state index contributed by atoms with van der Waals surface area (Å²) in [5, 5.41) is 0. The minimum atomic E-state index is -0.663. The summed E-state index contributed by atoms with van der Waals surface area (Å²) in [5.41, 5.74) is 1.34. The summed E-state index contributed by atoms with van der Waals surface area (Å²) in [5.74, 6) is 0.310. The maximum atomic E-state index is 13.1. The maximum Gasteiger partial charge on any atom is 0.338 e. The quantitative estimate of drug-likeness (QED) is 0.646. The average molecular weight is 379 g/mol. The maximum absolute atomic E-state index is 13.1. The number of rotatable bonds is 3. The molecule has 1 aromatic rings. The molecule has 2 heterocycles. The number of thiol groups is 1. The van der Waals surface area contributed by atoms with Crippen molar-refractivity contribution in [2.24, 2.45) is 0 Å². The zero-order valence-electron chi connectivity index (χ0n) is 15.0. The number of fused-ring (bicyclic) bond motifs is 1. The van der Waals surface area contributed by atoms with Gasteiger partial charge < -0.3 is 19.1 Å². The lowest BCUT2D eigenvalue weighted by Crippen LogP contribution is -2.49. The molecule has 2 aliphatic heterocycles. The highest BCUT2D eigenvalue weighted by Gasteiger charge is 2.39. The van der Waals surface area contributed by atoms with Crippen LogP contribution in [0.15, 0.2) is 18.2 Å². The summed E-state index contributed by atoms with van der Waals surface area (Å²) < 4.78 is 15.6. The first-order chi connectivity index (χ1) is 12.5. The molecule has 6 nitrogen and oxygen atoms in total. The van der Waals surface area contributed by atoms with Crippen LogP contribution in [-0.4, -0.2) is 54.5 Å². The van der Waals surface area contributed by atoms with Gasteiger partial charge in [0, 0.05) is 31.9 Å². The van der Waals surface area contributed by atoms with Crippen LogP contribution in [-0.2, 0) is 20.8 Å². The van der Waals surface area contributed by atoms with Crippen LogP contribution >= 0.6 is 12.6 Å². The van der Waals surface area contributed by atoms with E-state index in [1.54, 1.807) is 19.1 Å². The normalized spacial score (nSPS) is 19.5. The van der Waals surface area contributed by atoms with Crippen LogP contribution in [0.4, 0.5) is 0 Å². The molecule has 7 heteroatoms. The Morgan fingerprint density at radius 1 is 1.27 bits per heavy atom. The molecule has 0 N–H and O–H groups in total. The van der Waals surface area contributed by atoms with Gasteiger partial charge in [-0.1, -0.05) is 6.07 Å². The molecular formula is C19H25NO5S.